The van der Waals surface area contributed by atoms with Crippen LogP contribution < -0.4 is 0 Å². The zero-order chi connectivity index (χ0) is 15.4. The molecule has 0 aliphatic rings. The standard InChI is InChI=1S/C16H14ClN3OS/c1-11-14(7-15-13(17)8-18-10-20-15)19-5-4-16(11)22-9-12-3-2-6-21-12/h2-6,8,10H,7,9H2,1H3. The third kappa shape index (κ3) is 3.48. The van der Waals surface area contributed by atoms with Gasteiger partial charge in [0.05, 0.1) is 28.4 Å². The highest BCUT2D eigenvalue weighted by Gasteiger charge is 2.10. The van der Waals surface area contributed by atoms with Crippen molar-refractivity contribution >= 4 is 23.4 Å². The molecule has 3 aromatic rings. The molecule has 0 saturated heterocycles. The van der Waals surface area contributed by atoms with Gasteiger partial charge in [-0.05, 0) is 30.7 Å². The molecule has 0 aromatic carbocycles. The van der Waals surface area contributed by atoms with Gasteiger partial charge >= 0.3 is 0 Å². The van der Waals surface area contributed by atoms with Gasteiger partial charge in [-0.15, -0.1) is 11.8 Å². The molecule has 3 heterocycles. The Morgan fingerprint density at radius 1 is 1.23 bits per heavy atom. The molecule has 4 nitrogen and oxygen atoms in total. The van der Waals surface area contributed by atoms with E-state index in [1.165, 1.54) is 11.2 Å². The minimum absolute atomic E-state index is 0.567. The lowest BCUT2D eigenvalue weighted by Crippen LogP contribution is -2.00. The Kier molecular flexibility index (Phi) is 4.75. The second-order valence-corrected chi connectivity index (χ2v) is 6.17. The van der Waals surface area contributed by atoms with Crippen LogP contribution in [0.1, 0.15) is 22.7 Å². The van der Waals surface area contributed by atoms with Crippen molar-refractivity contribution in [2.45, 2.75) is 24.0 Å². The molecule has 0 saturated carbocycles. The molecule has 0 spiro atoms. The second-order valence-electron chi connectivity index (χ2n) is 4.74. The predicted molar refractivity (Wildman–Crippen MR) is 87.1 cm³/mol. The summed E-state index contributed by atoms with van der Waals surface area (Å²) >= 11 is 7.86. The van der Waals surface area contributed by atoms with Gasteiger partial charge in [0.15, 0.2) is 0 Å². The summed E-state index contributed by atoms with van der Waals surface area (Å²) in [5, 5.41) is 0.567. The van der Waals surface area contributed by atoms with E-state index in [1.54, 1.807) is 24.2 Å². The van der Waals surface area contributed by atoms with E-state index in [4.69, 9.17) is 16.0 Å². The highest BCUT2D eigenvalue weighted by Crippen LogP contribution is 2.28. The molecule has 22 heavy (non-hydrogen) atoms. The zero-order valence-electron chi connectivity index (χ0n) is 12.0. The molecule has 0 aliphatic carbocycles. The highest BCUT2D eigenvalue weighted by molar-refractivity contribution is 7.98. The lowest BCUT2D eigenvalue weighted by Gasteiger charge is -2.10. The number of halogens is 1. The maximum Gasteiger partial charge on any atom is 0.115 e. The molecule has 0 atom stereocenters. The molecule has 0 N–H and O–H groups in total. The molecule has 3 aromatic heterocycles. The van der Waals surface area contributed by atoms with Crippen LogP contribution >= 0.6 is 23.4 Å². The predicted octanol–water partition coefficient (Wildman–Crippen LogP) is 4.31. The average molecular weight is 332 g/mol. The van der Waals surface area contributed by atoms with Gasteiger partial charge in [-0.2, -0.15) is 0 Å². The number of aromatic nitrogens is 3. The fourth-order valence-corrected chi connectivity index (χ4v) is 3.19. The first-order valence-electron chi connectivity index (χ1n) is 6.78. The van der Waals surface area contributed by atoms with E-state index < -0.39 is 0 Å². The summed E-state index contributed by atoms with van der Waals surface area (Å²) in [5.41, 5.74) is 2.92. The summed E-state index contributed by atoms with van der Waals surface area (Å²) in [5.74, 6) is 1.76. The van der Waals surface area contributed by atoms with Crippen LogP contribution in [0.3, 0.4) is 0 Å². The average Bonchev–Trinajstić information content (AvgIpc) is 3.04. The molecule has 3 rings (SSSR count). The molecule has 0 bridgehead atoms. The van der Waals surface area contributed by atoms with Crippen LogP contribution in [0.15, 0.2) is 52.5 Å². The van der Waals surface area contributed by atoms with Gasteiger partial charge in [0, 0.05) is 23.7 Å². The quantitative estimate of drug-likeness (QED) is 0.652. The van der Waals surface area contributed by atoms with Crippen molar-refractivity contribution < 1.29 is 4.42 Å². The SMILES string of the molecule is Cc1c(SCc2ccco2)ccnc1Cc1ncncc1Cl. The molecular weight excluding hydrogens is 318 g/mol. The lowest BCUT2D eigenvalue weighted by molar-refractivity contribution is 0.530. The molecule has 0 amide bonds. The van der Waals surface area contributed by atoms with E-state index in [-0.39, 0.29) is 0 Å². The second kappa shape index (κ2) is 6.94. The van der Waals surface area contributed by atoms with Crippen LogP contribution in [0.5, 0.6) is 0 Å². The van der Waals surface area contributed by atoms with Gasteiger partial charge in [0.2, 0.25) is 0 Å². The number of hydrogen-bond acceptors (Lipinski definition) is 5. The number of rotatable bonds is 5. The summed E-state index contributed by atoms with van der Waals surface area (Å²) in [6, 6.07) is 5.90. The minimum Gasteiger partial charge on any atom is -0.468 e. The van der Waals surface area contributed by atoms with Crippen molar-refractivity contribution in [1.29, 1.82) is 0 Å². The van der Waals surface area contributed by atoms with Crippen molar-refractivity contribution in [3.63, 3.8) is 0 Å². The van der Waals surface area contributed by atoms with E-state index in [0.717, 1.165) is 28.5 Å². The number of hydrogen-bond donors (Lipinski definition) is 0. The Bertz CT molecular complexity index is 762. The molecule has 0 radical (unpaired) electrons. The van der Waals surface area contributed by atoms with E-state index in [1.807, 2.05) is 24.4 Å². The Balaban J connectivity index is 1.78. The smallest absolute Gasteiger partial charge is 0.115 e. The van der Waals surface area contributed by atoms with Crippen LogP contribution in [-0.2, 0) is 12.2 Å². The van der Waals surface area contributed by atoms with Crippen LogP contribution in [-0.4, -0.2) is 15.0 Å². The third-order valence-electron chi connectivity index (χ3n) is 3.29. The summed E-state index contributed by atoms with van der Waals surface area (Å²) in [7, 11) is 0. The summed E-state index contributed by atoms with van der Waals surface area (Å²) < 4.78 is 5.37. The van der Waals surface area contributed by atoms with E-state index in [9.17, 15) is 0 Å². The van der Waals surface area contributed by atoms with Gasteiger partial charge in [-0.3, -0.25) is 4.98 Å². The van der Waals surface area contributed by atoms with Crippen LogP contribution in [0.2, 0.25) is 5.02 Å². The first-order chi connectivity index (χ1) is 10.7. The van der Waals surface area contributed by atoms with E-state index in [2.05, 4.69) is 21.9 Å². The Morgan fingerprint density at radius 2 is 2.14 bits per heavy atom. The Hall–Kier alpha value is -1.85. The van der Waals surface area contributed by atoms with Gasteiger partial charge < -0.3 is 4.42 Å². The van der Waals surface area contributed by atoms with Crippen LogP contribution in [0.25, 0.3) is 0 Å². The van der Waals surface area contributed by atoms with Crippen molar-refractivity contribution in [3.05, 3.63) is 70.9 Å². The normalized spacial score (nSPS) is 10.8. The topological polar surface area (TPSA) is 51.8 Å². The molecular formula is C16H14ClN3OS. The van der Waals surface area contributed by atoms with Gasteiger partial charge in [-0.25, -0.2) is 9.97 Å². The van der Waals surface area contributed by atoms with Gasteiger partial charge in [0.1, 0.15) is 12.1 Å². The first-order valence-corrected chi connectivity index (χ1v) is 8.14. The van der Waals surface area contributed by atoms with Crippen molar-refractivity contribution in [2.75, 3.05) is 0 Å². The number of pyridine rings is 1. The van der Waals surface area contributed by atoms with Crippen LogP contribution in [0.4, 0.5) is 0 Å². The number of nitrogens with zero attached hydrogens (tertiary/aromatic N) is 3. The van der Waals surface area contributed by atoms with Crippen molar-refractivity contribution in [1.82, 2.24) is 15.0 Å². The van der Waals surface area contributed by atoms with E-state index >= 15 is 0 Å². The van der Waals surface area contributed by atoms with Gasteiger partial charge in [-0.1, -0.05) is 11.6 Å². The lowest BCUT2D eigenvalue weighted by atomic mass is 10.1. The highest BCUT2D eigenvalue weighted by atomic mass is 35.5. The zero-order valence-corrected chi connectivity index (χ0v) is 13.6. The maximum atomic E-state index is 6.12. The van der Waals surface area contributed by atoms with Gasteiger partial charge in [0.25, 0.3) is 0 Å². The summed E-state index contributed by atoms with van der Waals surface area (Å²) in [4.78, 5) is 13.8. The summed E-state index contributed by atoms with van der Waals surface area (Å²) in [6.07, 6.45) is 7.23. The fourth-order valence-electron chi connectivity index (χ4n) is 2.06. The Morgan fingerprint density at radius 3 is 2.91 bits per heavy atom. The minimum atomic E-state index is 0.567. The fraction of sp³-hybridized carbons (Fsp3) is 0.188. The molecule has 0 aliphatic heterocycles. The monoisotopic (exact) mass is 331 g/mol. The summed E-state index contributed by atoms with van der Waals surface area (Å²) in [6.45, 7) is 2.07. The largest absolute Gasteiger partial charge is 0.468 e. The molecule has 0 fully saturated rings. The van der Waals surface area contributed by atoms with E-state index in [0.29, 0.717) is 11.4 Å². The molecule has 6 heteroatoms. The van der Waals surface area contributed by atoms with Crippen molar-refractivity contribution in [3.8, 4) is 0 Å². The Labute approximate surface area is 138 Å². The third-order valence-corrected chi connectivity index (χ3v) is 4.79. The molecule has 0 unspecified atom stereocenters. The number of thioether (sulfide) groups is 1. The van der Waals surface area contributed by atoms with Crippen molar-refractivity contribution in [2.24, 2.45) is 0 Å². The van der Waals surface area contributed by atoms with Crippen LogP contribution in [0, 0.1) is 6.92 Å². The molecule has 112 valence electrons. The first kappa shape index (κ1) is 15.1. The number of furan rings is 1. The maximum absolute atomic E-state index is 6.12.